The Labute approximate surface area is 96.6 Å². The van der Waals surface area contributed by atoms with Gasteiger partial charge < -0.3 is 5.73 Å². The van der Waals surface area contributed by atoms with Crippen molar-refractivity contribution in [2.75, 3.05) is 0 Å². The second kappa shape index (κ2) is 4.60. The quantitative estimate of drug-likeness (QED) is 0.817. The van der Waals surface area contributed by atoms with Crippen LogP contribution in [-0.2, 0) is 0 Å². The van der Waals surface area contributed by atoms with Crippen LogP contribution in [0.4, 0.5) is 4.39 Å². The molecule has 14 heavy (non-hydrogen) atoms. The smallest absolute Gasteiger partial charge is 0.137 e. The van der Waals surface area contributed by atoms with Crippen molar-refractivity contribution < 1.29 is 4.39 Å². The zero-order valence-corrected chi connectivity index (χ0v) is 10.4. The maximum atomic E-state index is 13.2. The first-order valence-corrected chi connectivity index (χ1v) is 5.51. The molecule has 2 N–H and O–H groups in total. The van der Waals surface area contributed by atoms with Gasteiger partial charge in [-0.15, -0.1) is 0 Å². The molecule has 1 atom stereocenters. The third-order valence-electron chi connectivity index (χ3n) is 2.13. The molecule has 0 aliphatic rings. The van der Waals surface area contributed by atoms with E-state index in [4.69, 9.17) is 17.3 Å². The minimum absolute atomic E-state index is 0.214. The van der Waals surface area contributed by atoms with Crippen molar-refractivity contribution in [2.45, 2.75) is 19.9 Å². The molecule has 0 saturated heterocycles. The van der Waals surface area contributed by atoms with Crippen LogP contribution in [0.1, 0.15) is 25.5 Å². The summed E-state index contributed by atoms with van der Waals surface area (Å²) < 4.78 is 13.6. The van der Waals surface area contributed by atoms with Crippen molar-refractivity contribution in [3.63, 3.8) is 0 Å². The minimum Gasteiger partial charge on any atom is -0.324 e. The summed E-state index contributed by atoms with van der Waals surface area (Å²) in [5.41, 5.74) is 6.57. The van der Waals surface area contributed by atoms with Crippen LogP contribution in [0.2, 0.25) is 5.02 Å². The summed E-state index contributed by atoms with van der Waals surface area (Å²) in [6.07, 6.45) is 0. The van der Waals surface area contributed by atoms with E-state index in [-0.39, 0.29) is 17.8 Å². The molecule has 0 fully saturated rings. The zero-order chi connectivity index (χ0) is 10.9. The van der Waals surface area contributed by atoms with Crippen LogP contribution < -0.4 is 5.73 Å². The highest BCUT2D eigenvalue weighted by molar-refractivity contribution is 9.10. The van der Waals surface area contributed by atoms with Crippen LogP contribution in [0.5, 0.6) is 0 Å². The zero-order valence-electron chi connectivity index (χ0n) is 8.02. The average molecular weight is 281 g/mol. The van der Waals surface area contributed by atoms with Gasteiger partial charge in [-0.05, 0) is 34.0 Å². The van der Waals surface area contributed by atoms with Crippen molar-refractivity contribution in [2.24, 2.45) is 11.7 Å². The molecule has 0 aliphatic carbocycles. The Hall–Kier alpha value is -0.120. The van der Waals surface area contributed by atoms with Crippen LogP contribution in [0.25, 0.3) is 0 Å². The van der Waals surface area contributed by atoms with E-state index >= 15 is 0 Å². The Morgan fingerprint density at radius 2 is 2.00 bits per heavy atom. The summed E-state index contributed by atoms with van der Waals surface area (Å²) in [6, 6.07) is 2.59. The highest BCUT2D eigenvalue weighted by Gasteiger charge is 2.19. The Kier molecular flexibility index (Phi) is 3.93. The SMILES string of the molecule is CC(C)[C@@H](N)c1c(Cl)ccc(F)c1Br. The molecule has 1 nitrogen and oxygen atoms in total. The van der Waals surface area contributed by atoms with E-state index in [0.717, 1.165) is 0 Å². The summed E-state index contributed by atoms with van der Waals surface area (Å²) in [4.78, 5) is 0. The first kappa shape index (κ1) is 12.0. The van der Waals surface area contributed by atoms with Crippen LogP contribution in [0, 0.1) is 11.7 Å². The number of halogens is 3. The van der Waals surface area contributed by atoms with E-state index in [2.05, 4.69) is 15.9 Å². The van der Waals surface area contributed by atoms with Crippen molar-refractivity contribution >= 4 is 27.5 Å². The minimum atomic E-state index is -0.333. The lowest BCUT2D eigenvalue weighted by Crippen LogP contribution is -2.18. The Morgan fingerprint density at radius 1 is 1.43 bits per heavy atom. The van der Waals surface area contributed by atoms with E-state index in [0.29, 0.717) is 15.1 Å². The van der Waals surface area contributed by atoms with E-state index in [1.807, 2.05) is 13.8 Å². The summed E-state index contributed by atoms with van der Waals surface area (Å²) >= 11 is 9.12. The monoisotopic (exact) mass is 279 g/mol. The lowest BCUT2D eigenvalue weighted by atomic mass is 9.97. The van der Waals surface area contributed by atoms with E-state index in [1.165, 1.54) is 12.1 Å². The Balaban J connectivity index is 3.25. The van der Waals surface area contributed by atoms with E-state index < -0.39 is 0 Å². The molecule has 0 aromatic heterocycles. The standard InChI is InChI=1S/C10H12BrClFN/c1-5(2)10(14)8-6(12)3-4-7(13)9(8)11/h3-5,10H,14H2,1-2H3/t10-/m1/s1. The third kappa shape index (κ3) is 2.27. The molecular formula is C10H12BrClFN. The highest BCUT2D eigenvalue weighted by Crippen LogP contribution is 2.34. The van der Waals surface area contributed by atoms with Crippen molar-refractivity contribution in [1.82, 2.24) is 0 Å². The van der Waals surface area contributed by atoms with Gasteiger partial charge in [0.05, 0.1) is 4.47 Å². The molecule has 0 heterocycles. The van der Waals surface area contributed by atoms with Gasteiger partial charge in [-0.2, -0.15) is 0 Å². The van der Waals surface area contributed by atoms with Gasteiger partial charge in [0.15, 0.2) is 0 Å². The number of hydrogen-bond acceptors (Lipinski definition) is 1. The largest absolute Gasteiger partial charge is 0.324 e. The number of benzene rings is 1. The molecule has 1 aromatic carbocycles. The van der Waals surface area contributed by atoms with Gasteiger partial charge in [0.2, 0.25) is 0 Å². The van der Waals surface area contributed by atoms with Gasteiger partial charge >= 0.3 is 0 Å². The summed E-state index contributed by atoms with van der Waals surface area (Å²) in [5, 5.41) is 0.500. The molecule has 0 bridgehead atoms. The summed E-state index contributed by atoms with van der Waals surface area (Å²) in [5.74, 6) is -0.119. The number of rotatable bonds is 2. The number of nitrogens with two attached hydrogens (primary N) is 1. The van der Waals surface area contributed by atoms with Gasteiger partial charge in [0.25, 0.3) is 0 Å². The van der Waals surface area contributed by atoms with Gasteiger partial charge in [0.1, 0.15) is 5.82 Å². The molecule has 0 aliphatic heterocycles. The van der Waals surface area contributed by atoms with Crippen molar-refractivity contribution in [3.8, 4) is 0 Å². The molecule has 0 spiro atoms. The first-order chi connectivity index (χ1) is 6.45. The molecule has 0 amide bonds. The molecule has 4 heteroatoms. The predicted molar refractivity (Wildman–Crippen MR) is 60.9 cm³/mol. The predicted octanol–water partition coefficient (Wildman–Crippen LogP) is 3.90. The second-order valence-corrected chi connectivity index (χ2v) is 4.73. The third-order valence-corrected chi connectivity index (χ3v) is 3.27. The normalized spacial score (nSPS) is 13.4. The molecular weight excluding hydrogens is 268 g/mol. The van der Waals surface area contributed by atoms with E-state index in [9.17, 15) is 4.39 Å². The Bertz CT molecular complexity index is 341. The molecule has 1 aromatic rings. The Morgan fingerprint density at radius 3 is 2.50 bits per heavy atom. The summed E-state index contributed by atoms with van der Waals surface area (Å²) in [6.45, 7) is 3.94. The molecule has 0 unspecified atom stereocenters. The average Bonchev–Trinajstić information content (AvgIpc) is 2.12. The van der Waals surface area contributed by atoms with Crippen LogP contribution in [-0.4, -0.2) is 0 Å². The van der Waals surface area contributed by atoms with Gasteiger partial charge in [-0.3, -0.25) is 0 Å². The maximum Gasteiger partial charge on any atom is 0.137 e. The van der Waals surface area contributed by atoms with Gasteiger partial charge in [0, 0.05) is 16.6 Å². The second-order valence-electron chi connectivity index (χ2n) is 3.53. The van der Waals surface area contributed by atoms with Crippen LogP contribution in [0.15, 0.2) is 16.6 Å². The lowest BCUT2D eigenvalue weighted by Gasteiger charge is -2.19. The first-order valence-electron chi connectivity index (χ1n) is 4.34. The molecule has 0 radical (unpaired) electrons. The molecule has 78 valence electrons. The van der Waals surface area contributed by atoms with Crippen LogP contribution in [0.3, 0.4) is 0 Å². The topological polar surface area (TPSA) is 26.0 Å². The van der Waals surface area contributed by atoms with Gasteiger partial charge in [-0.25, -0.2) is 4.39 Å². The fourth-order valence-electron chi connectivity index (χ4n) is 1.18. The van der Waals surface area contributed by atoms with Crippen LogP contribution >= 0.6 is 27.5 Å². The summed E-state index contributed by atoms with van der Waals surface area (Å²) in [7, 11) is 0. The molecule has 0 saturated carbocycles. The lowest BCUT2D eigenvalue weighted by molar-refractivity contribution is 0.507. The fraction of sp³-hybridized carbons (Fsp3) is 0.400. The van der Waals surface area contributed by atoms with E-state index in [1.54, 1.807) is 0 Å². The highest BCUT2D eigenvalue weighted by atomic mass is 79.9. The van der Waals surface area contributed by atoms with Crippen molar-refractivity contribution in [3.05, 3.63) is 33.0 Å². The maximum absolute atomic E-state index is 13.2. The number of hydrogen-bond donors (Lipinski definition) is 1. The molecule has 1 rings (SSSR count). The van der Waals surface area contributed by atoms with Gasteiger partial charge in [-0.1, -0.05) is 25.4 Å². The van der Waals surface area contributed by atoms with Crippen molar-refractivity contribution in [1.29, 1.82) is 0 Å². The fourth-order valence-corrected chi connectivity index (χ4v) is 2.19.